The van der Waals surface area contributed by atoms with Crippen LogP contribution in [-0.4, -0.2) is 69.8 Å². The van der Waals surface area contributed by atoms with Crippen LogP contribution < -0.4 is 10.4 Å². The Hall–Kier alpha value is -4.12. The Morgan fingerprint density at radius 1 is 0.696 bits per heavy atom. The molecule has 46 heavy (non-hydrogen) atoms. The molecule has 0 saturated carbocycles. The van der Waals surface area contributed by atoms with Crippen LogP contribution in [0.15, 0.2) is 121 Å². The molecule has 9 heteroatoms. The van der Waals surface area contributed by atoms with Crippen LogP contribution in [0.4, 0.5) is 0 Å². The molecule has 0 bridgehead atoms. The van der Waals surface area contributed by atoms with E-state index in [1.165, 1.54) is 7.11 Å². The maximum absolute atomic E-state index is 13.3. The number of hydrogen-bond acceptors (Lipinski definition) is 8. The van der Waals surface area contributed by atoms with Gasteiger partial charge in [0.1, 0.15) is 12.2 Å². The summed E-state index contributed by atoms with van der Waals surface area (Å²) in [4.78, 5) is 26.5. The molecule has 1 saturated heterocycles. The molecule has 1 N–H and O–H groups in total. The number of methoxy groups -OCH3 is 1. The van der Waals surface area contributed by atoms with Crippen molar-refractivity contribution in [1.82, 2.24) is 0 Å². The molecular weight excluding hydrogens is 600 g/mol. The summed E-state index contributed by atoms with van der Waals surface area (Å²) in [6, 6.07) is 37.0. The molecular formula is C37H40O8Si. The number of carbonyl (C=O) groups excluding carboxylic acids is 2. The minimum atomic E-state index is -3.01. The third-order valence-electron chi connectivity index (χ3n) is 8.24. The molecule has 4 aromatic carbocycles. The molecule has 240 valence electrons. The molecule has 8 nitrogen and oxygen atoms in total. The second-order valence-electron chi connectivity index (χ2n) is 12.2. The number of carbonyl (C=O) groups is 2. The highest BCUT2D eigenvalue weighted by Crippen LogP contribution is 2.38. The standard InChI is InChI=1S/C37H40O8Si/c1-37(2,3)46(28-21-13-7-14-22-28,29-23-15-8-16-24-29)42-25-30-31(38)32(44-34(39)26-17-9-5-10-18-26)33(36(41-4)43-30)45-35(40)27-19-11-6-12-20-27/h5-24,30-33,36,38H,25H2,1-4H3/t30-,31+,32+,33-,36+/m1/s1. The van der Waals surface area contributed by atoms with E-state index >= 15 is 0 Å². The van der Waals surface area contributed by atoms with Crippen LogP contribution in [0.2, 0.25) is 5.04 Å². The smallest absolute Gasteiger partial charge is 0.338 e. The van der Waals surface area contributed by atoms with Crippen molar-refractivity contribution in [2.24, 2.45) is 0 Å². The van der Waals surface area contributed by atoms with E-state index in [4.69, 9.17) is 23.4 Å². The maximum Gasteiger partial charge on any atom is 0.338 e. The molecule has 0 spiro atoms. The largest absolute Gasteiger partial charge is 0.452 e. The van der Waals surface area contributed by atoms with Gasteiger partial charge in [0.15, 0.2) is 18.5 Å². The summed E-state index contributed by atoms with van der Waals surface area (Å²) in [6.45, 7) is 6.41. The van der Waals surface area contributed by atoms with E-state index in [2.05, 4.69) is 45.0 Å². The highest BCUT2D eigenvalue weighted by Gasteiger charge is 2.54. The first-order valence-corrected chi connectivity index (χ1v) is 17.2. The number of ether oxygens (including phenoxy) is 4. The predicted octanol–water partition coefficient (Wildman–Crippen LogP) is 4.75. The van der Waals surface area contributed by atoms with Crippen molar-refractivity contribution in [2.45, 2.75) is 56.5 Å². The summed E-state index contributed by atoms with van der Waals surface area (Å²) in [5.74, 6) is -1.36. The Balaban J connectivity index is 1.49. The number of aliphatic hydroxyl groups is 1. The van der Waals surface area contributed by atoms with Gasteiger partial charge in [-0.05, 0) is 39.7 Å². The van der Waals surface area contributed by atoms with E-state index < -0.39 is 51.0 Å². The van der Waals surface area contributed by atoms with Crippen LogP contribution in [0.25, 0.3) is 0 Å². The summed E-state index contributed by atoms with van der Waals surface area (Å²) in [6.07, 6.45) is -6.19. The molecule has 0 radical (unpaired) electrons. The van der Waals surface area contributed by atoms with Crippen molar-refractivity contribution in [3.8, 4) is 0 Å². The molecule has 0 aliphatic carbocycles. The van der Waals surface area contributed by atoms with Gasteiger partial charge in [0.25, 0.3) is 8.32 Å². The van der Waals surface area contributed by atoms with Gasteiger partial charge in [0.2, 0.25) is 0 Å². The van der Waals surface area contributed by atoms with Crippen LogP contribution in [0, 0.1) is 0 Å². The lowest BCUT2D eigenvalue weighted by molar-refractivity contribution is -0.291. The maximum atomic E-state index is 13.3. The molecule has 0 unspecified atom stereocenters. The van der Waals surface area contributed by atoms with E-state index in [1.54, 1.807) is 60.7 Å². The zero-order chi connectivity index (χ0) is 32.7. The van der Waals surface area contributed by atoms with Gasteiger partial charge in [-0.1, -0.05) is 118 Å². The highest BCUT2D eigenvalue weighted by molar-refractivity contribution is 6.99. The minimum Gasteiger partial charge on any atom is -0.452 e. The number of esters is 2. The second kappa shape index (κ2) is 14.5. The fourth-order valence-electron chi connectivity index (χ4n) is 5.98. The van der Waals surface area contributed by atoms with Crippen LogP contribution in [-0.2, 0) is 23.4 Å². The first-order chi connectivity index (χ1) is 22.2. The zero-order valence-electron chi connectivity index (χ0n) is 26.4. The SMILES string of the molecule is CO[C@H]1O[C@H](CO[Si](c2ccccc2)(c2ccccc2)C(C)(C)C)[C@H](O)[C@H](OC(=O)c2ccccc2)[C@H]1OC(=O)c1ccccc1. The monoisotopic (exact) mass is 640 g/mol. The van der Waals surface area contributed by atoms with Crippen molar-refractivity contribution in [3.05, 3.63) is 132 Å². The fraction of sp³-hybridized carbons (Fsp3) is 0.297. The van der Waals surface area contributed by atoms with E-state index in [1.807, 2.05) is 36.4 Å². The number of aliphatic hydroxyl groups excluding tert-OH is 1. The molecule has 1 aliphatic rings. The molecule has 4 aromatic rings. The Kier molecular flexibility index (Phi) is 10.5. The van der Waals surface area contributed by atoms with Gasteiger partial charge in [0.05, 0.1) is 17.7 Å². The van der Waals surface area contributed by atoms with E-state index in [0.717, 1.165) is 10.4 Å². The van der Waals surface area contributed by atoms with Gasteiger partial charge in [0, 0.05) is 7.11 Å². The summed E-state index contributed by atoms with van der Waals surface area (Å²) in [5.41, 5.74) is 0.570. The quantitative estimate of drug-likeness (QED) is 0.196. The van der Waals surface area contributed by atoms with Crippen molar-refractivity contribution in [3.63, 3.8) is 0 Å². The van der Waals surface area contributed by atoms with Gasteiger partial charge in [-0.3, -0.25) is 0 Å². The average Bonchev–Trinajstić information content (AvgIpc) is 3.08. The number of hydrogen-bond donors (Lipinski definition) is 1. The molecule has 0 aromatic heterocycles. The van der Waals surface area contributed by atoms with E-state index in [0.29, 0.717) is 0 Å². The normalized spacial score (nSPS) is 21.7. The third kappa shape index (κ3) is 6.99. The molecule has 1 aliphatic heterocycles. The van der Waals surface area contributed by atoms with Crippen molar-refractivity contribution < 1.29 is 38.1 Å². The summed E-state index contributed by atoms with van der Waals surface area (Å²) in [7, 11) is -1.61. The summed E-state index contributed by atoms with van der Waals surface area (Å²) in [5, 5.41) is 13.6. The first-order valence-electron chi connectivity index (χ1n) is 15.3. The summed E-state index contributed by atoms with van der Waals surface area (Å²) < 4.78 is 30.7. The van der Waals surface area contributed by atoms with E-state index in [9.17, 15) is 14.7 Å². The fourth-order valence-corrected chi connectivity index (χ4v) is 10.5. The number of benzene rings is 4. The lowest BCUT2D eigenvalue weighted by atomic mass is 9.98. The van der Waals surface area contributed by atoms with Gasteiger partial charge < -0.3 is 28.5 Å². The Morgan fingerprint density at radius 3 is 1.52 bits per heavy atom. The molecule has 5 atom stereocenters. The Labute approximate surface area is 271 Å². The molecule has 5 rings (SSSR count). The van der Waals surface area contributed by atoms with Crippen LogP contribution in [0.3, 0.4) is 0 Å². The topological polar surface area (TPSA) is 101 Å². The first kappa shape index (κ1) is 33.2. The Morgan fingerprint density at radius 2 is 1.11 bits per heavy atom. The van der Waals surface area contributed by atoms with Gasteiger partial charge in [-0.2, -0.15) is 0 Å². The van der Waals surface area contributed by atoms with Gasteiger partial charge >= 0.3 is 11.9 Å². The lowest BCUT2D eigenvalue weighted by Gasteiger charge is -2.46. The second-order valence-corrected chi connectivity index (χ2v) is 16.5. The predicted molar refractivity (Wildman–Crippen MR) is 177 cm³/mol. The Bertz CT molecular complexity index is 1520. The van der Waals surface area contributed by atoms with Crippen LogP contribution in [0.5, 0.6) is 0 Å². The average molecular weight is 641 g/mol. The van der Waals surface area contributed by atoms with Gasteiger partial charge in [-0.25, -0.2) is 9.59 Å². The van der Waals surface area contributed by atoms with E-state index in [-0.39, 0.29) is 22.8 Å². The molecule has 0 amide bonds. The lowest BCUT2D eigenvalue weighted by Crippen LogP contribution is -2.68. The number of rotatable bonds is 10. The third-order valence-corrected chi connectivity index (χ3v) is 13.2. The molecule has 1 heterocycles. The zero-order valence-corrected chi connectivity index (χ0v) is 27.4. The van der Waals surface area contributed by atoms with Gasteiger partial charge in [-0.15, -0.1) is 0 Å². The van der Waals surface area contributed by atoms with Crippen LogP contribution >= 0.6 is 0 Å². The summed E-state index contributed by atoms with van der Waals surface area (Å²) >= 11 is 0. The van der Waals surface area contributed by atoms with Crippen molar-refractivity contribution in [2.75, 3.05) is 13.7 Å². The highest BCUT2D eigenvalue weighted by atomic mass is 28.4. The van der Waals surface area contributed by atoms with Crippen molar-refractivity contribution >= 4 is 30.6 Å². The minimum absolute atomic E-state index is 0.0486. The molecule has 1 fully saturated rings. The van der Waals surface area contributed by atoms with Crippen molar-refractivity contribution in [1.29, 1.82) is 0 Å². The van der Waals surface area contributed by atoms with Crippen LogP contribution in [0.1, 0.15) is 41.5 Å².